The van der Waals surface area contributed by atoms with E-state index in [0.717, 1.165) is 6.61 Å². The summed E-state index contributed by atoms with van der Waals surface area (Å²) < 4.78 is 5.26. The largest absolute Gasteiger partial charge is 0.348 e. The highest BCUT2D eigenvalue weighted by atomic mass is 79.9. The lowest BCUT2D eigenvalue weighted by Crippen LogP contribution is -1.83. The van der Waals surface area contributed by atoms with Crippen molar-refractivity contribution in [2.45, 2.75) is 19.8 Å². The van der Waals surface area contributed by atoms with Crippen molar-refractivity contribution in [3.8, 4) is 0 Å². The first-order valence-electron chi connectivity index (χ1n) is 2.79. The van der Waals surface area contributed by atoms with Crippen LogP contribution < -0.4 is 0 Å². The Morgan fingerprint density at radius 2 is 2.25 bits per heavy atom. The Morgan fingerprint density at radius 3 is 2.62 bits per heavy atom. The van der Waals surface area contributed by atoms with Gasteiger partial charge in [-0.25, -0.2) is 0 Å². The van der Waals surface area contributed by atoms with Gasteiger partial charge in [0.15, 0.2) is 0 Å². The molecule has 0 spiro atoms. The van der Waals surface area contributed by atoms with E-state index in [2.05, 4.69) is 22.4 Å². The summed E-state index contributed by atoms with van der Waals surface area (Å²) in [5.41, 5.74) is 0. The van der Waals surface area contributed by atoms with Crippen molar-refractivity contribution >= 4 is 22.3 Å². The fourth-order valence-corrected chi connectivity index (χ4v) is 1.15. The summed E-state index contributed by atoms with van der Waals surface area (Å²) in [5, 5.41) is 0. The van der Waals surface area contributed by atoms with E-state index in [1.54, 1.807) is 0 Å². The van der Waals surface area contributed by atoms with Crippen LogP contribution >= 0.6 is 22.3 Å². The number of unbranched alkanes of at least 4 members (excludes halogenated alkanes) is 1. The van der Waals surface area contributed by atoms with Crippen molar-refractivity contribution in [3.63, 3.8) is 0 Å². The third kappa shape index (κ3) is 6.87. The molecule has 0 radical (unpaired) electrons. The van der Waals surface area contributed by atoms with Crippen LogP contribution in [0, 0.1) is 0 Å². The second-order valence-electron chi connectivity index (χ2n) is 1.61. The molecule has 1 nitrogen and oxygen atoms in total. The number of hydrogen-bond donors (Lipinski definition) is 0. The first-order chi connectivity index (χ1) is 3.77. The fraction of sp³-hybridized carbons (Fsp3) is 1.00. The van der Waals surface area contributed by atoms with Crippen molar-refractivity contribution in [2.75, 3.05) is 13.3 Å². The average molecular weight is 199 g/mol. The van der Waals surface area contributed by atoms with Crippen LogP contribution in [0.5, 0.6) is 0 Å². The van der Waals surface area contributed by atoms with E-state index in [0.29, 0.717) is 0 Å². The van der Waals surface area contributed by atoms with Gasteiger partial charge in [0.05, 0.1) is 13.5 Å². The molecule has 1 unspecified atom stereocenters. The summed E-state index contributed by atoms with van der Waals surface area (Å²) in [6.45, 7) is 4.82. The maximum Gasteiger partial charge on any atom is 0.0953 e. The molecule has 0 heterocycles. The second-order valence-corrected chi connectivity index (χ2v) is 5.70. The van der Waals surface area contributed by atoms with Crippen LogP contribution in [0.25, 0.3) is 0 Å². The van der Waals surface area contributed by atoms with Gasteiger partial charge in [0.1, 0.15) is 0 Å². The van der Waals surface area contributed by atoms with Crippen LogP contribution in [0.2, 0.25) is 0 Å². The lowest BCUT2D eigenvalue weighted by atomic mass is 10.4. The minimum atomic E-state index is -0.300. The van der Waals surface area contributed by atoms with Gasteiger partial charge in [-0.15, -0.1) is 0 Å². The zero-order valence-electron chi connectivity index (χ0n) is 5.35. The third-order valence-corrected chi connectivity index (χ3v) is 1.92. The molecule has 0 fully saturated rings. The van der Waals surface area contributed by atoms with E-state index in [-0.39, 0.29) is 6.85 Å². The van der Waals surface area contributed by atoms with Gasteiger partial charge in [-0.2, -0.15) is 0 Å². The van der Waals surface area contributed by atoms with E-state index in [4.69, 9.17) is 4.52 Å². The Morgan fingerprint density at radius 1 is 1.62 bits per heavy atom. The zero-order chi connectivity index (χ0) is 6.41. The van der Waals surface area contributed by atoms with Gasteiger partial charge in [0.25, 0.3) is 0 Å². The van der Waals surface area contributed by atoms with Crippen LogP contribution in [0.15, 0.2) is 0 Å². The summed E-state index contributed by atoms with van der Waals surface area (Å²) >= 11 is 3.35. The molecule has 0 aromatic rings. The van der Waals surface area contributed by atoms with Crippen molar-refractivity contribution < 1.29 is 4.52 Å². The van der Waals surface area contributed by atoms with E-state index >= 15 is 0 Å². The molecule has 0 amide bonds. The van der Waals surface area contributed by atoms with Gasteiger partial charge in [0, 0.05) is 0 Å². The highest BCUT2D eigenvalue weighted by Gasteiger charge is 1.91. The van der Waals surface area contributed by atoms with E-state index in [1.165, 1.54) is 12.8 Å². The molecular weight excluding hydrogens is 187 g/mol. The highest BCUT2D eigenvalue weighted by Crippen LogP contribution is 2.40. The topological polar surface area (TPSA) is 9.23 Å². The highest BCUT2D eigenvalue weighted by molar-refractivity contribution is 9.38. The van der Waals surface area contributed by atoms with Crippen LogP contribution in [0.1, 0.15) is 19.8 Å². The number of hydrogen-bond acceptors (Lipinski definition) is 1. The molecule has 0 rings (SSSR count). The summed E-state index contributed by atoms with van der Waals surface area (Å²) in [6.07, 6.45) is 2.40. The van der Waals surface area contributed by atoms with Crippen LogP contribution in [0.3, 0.4) is 0 Å². The SMILES string of the molecule is CCCCOP(C)Br. The lowest BCUT2D eigenvalue weighted by molar-refractivity contribution is 0.352. The monoisotopic (exact) mass is 198 g/mol. The number of rotatable bonds is 4. The fourth-order valence-electron chi connectivity index (χ4n) is 0.335. The van der Waals surface area contributed by atoms with E-state index in [1.807, 2.05) is 6.66 Å². The summed E-state index contributed by atoms with van der Waals surface area (Å²) in [5.74, 6) is 0. The molecule has 0 aliphatic rings. The summed E-state index contributed by atoms with van der Waals surface area (Å²) in [7, 11) is 0. The molecule has 0 aliphatic carbocycles. The molecule has 0 bridgehead atoms. The first-order valence-corrected chi connectivity index (χ1v) is 6.52. The molecule has 50 valence electrons. The molecule has 0 saturated carbocycles. The molecule has 0 aromatic heterocycles. The zero-order valence-corrected chi connectivity index (χ0v) is 7.84. The minimum Gasteiger partial charge on any atom is -0.348 e. The van der Waals surface area contributed by atoms with Crippen molar-refractivity contribution in [1.29, 1.82) is 0 Å². The maximum absolute atomic E-state index is 5.26. The van der Waals surface area contributed by atoms with Crippen molar-refractivity contribution in [3.05, 3.63) is 0 Å². The van der Waals surface area contributed by atoms with Gasteiger partial charge in [-0.05, 0) is 28.6 Å². The lowest BCUT2D eigenvalue weighted by Gasteiger charge is -2.02. The van der Waals surface area contributed by atoms with Gasteiger partial charge < -0.3 is 4.52 Å². The number of halogens is 1. The Labute approximate surface area is 60.4 Å². The smallest absolute Gasteiger partial charge is 0.0953 e. The molecule has 0 N–H and O–H groups in total. The van der Waals surface area contributed by atoms with Gasteiger partial charge in [-0.1, -0.05) is 13.3 Å². The molecule has 0 aromatic carbocycles. The van der Waals surface area contributed by atoms with E-state index in [9.17, 15) is 0 Å². The Hall–Kier alpha value is 0.870. The molecule has 0 aliphatic heterocycles. The Bertz CT molecular complexity index is 49.7. The normalized spacial score (nSPS) is 13.9. The molecule has 0 saturated heterocycles. The minimum absolute atomic E-state index is 0.300. The Balaban J connectivity index is 2.72. The van der Waals surface area contributed by atoms with Crippen LogP contribution in [-0.4, -0.2) is 13.3 Å². The maximum atomic E-state index is 5.26. The molecular formula is C5H12BrOP. The predicted molar refractivity (Wildman–Crippen MR) is 42.6 cm³/mol. The second kappa shape index (κ2) is 6.00. The van der Waals surface area contributed by atoms with Gasteiger partial charge >= 0.3 is 0 Å². The van der Waals surface area contributed by atoms with Crippen molar-refractivity contribution in [2.24, 2.45) is 0 Å². The van der Waals surface area contributed by atoms with Gasteiger partial charge in [-0.3, -0.25) is 0 Å². The van der Waals surface area contributed by atoms with Crippen LogP contribution in [0.4, 0.5) is 0 Å². The van der Waals surface area contributed by atoms with Crippen LogP contribution in [-0.2, 0) is 4.52 Å². The molecule has 3 heteroatoms. The standard InChI is InChI=1S/C5H12BrOP/c1-3-4-5-7-8(2)6/h3-5H2,1-2H3. The first kappa shape index (κ1) is 8.87. The predicted octanol–water partition coefficient (Wildman–Crippen LogP) is 3.14. The van der Waals surface area contributed by atoms with E-state index < -0.39 is 0 Å². The summed E-state index contributed by atoms with van der Waals surface area (Å²) in [4.78, 5) is 0. The van der Waals surface area contributed by atoms with Gasteiger partial charge in [0.2, 0.25) is 0 Å². The molecule has 1 atom stereocenters. The Kier molecular flexibility index (Phi) is 6.65. The molecule has 8 heavy (non-hydrogen) atoms. The third-order valence-electron chi connectivity index (χ3n) is 0.767. The van der Waals surface area contributed by atoms with Crippen molar-refractivity contribution in [1.82, 2.24) is 0 Å². The summed E-state index contributed by atoms with van der Waals surface area (Å²) in [6, 6.07) is 0. The quantitative estimate of drug-likeness (QED) is 0.499. The average Bonchev–Trinajstić information content (AvgIpc) is 1.66.